The largest absolute Gasteiger partial charge is 0.348 e. The van der Waals surface area contributed by atoms with Crippen LogP contribution in [0, 0.1) is 0 Å². The molecule has 1 aromatic rings. The maximum absolute atomic E-state index is 11.6. The van der Waals surface area contributed by atoms with Crippen molar-refractivity contribution in [2.24, 2.45) is 0 Å². The molecule has 0 atom stereocenters. The van der Waals surface area contributed by atoms with Gasteiger partial charge in [-0.3, -0.25) is 9.78 Å². The summed E-state index contributed by atoms with van der Waals surface area (Å²) < 4.78 is 0. The van der Waals surface area contributed by atoms with Crippen molar-refractivity contribution in [2.45, 2.75) is 27.3 Å². The van der Waals surface area contributed by atoms with Crippen LogP contribution in [0.4, 0.5) is 0 Å². The summed E-state index contributed by atoms with van der Waals surface area (Å²) in [5.74, 6) is -0.0150. The van der Waals surface area contributed by atoms with E-state index in [2.05, 4.69) is 10.3 Å². The molecule has 0 fully saturated rings. The van der Waals surface area contributed by atoms with Crippen LogP contribution in [-0.2, 0) is 11.3 Å². The van der Waals surface area contributed by atoms with Crippen molar-refractivity contribution in [1.82, 2.24) is 10.3 Å². The molecule has 0 aromatic carbocycles. The molecule has 0 aliphatic rings. The number of nitrogens with zero attached hydrogens (tertiary/aromatic N) is 1. The molecule has 1 aromatic heterocycles. The third-order valence-electron chi connectivity index (χ3n) is 2.27. The van der Waals surface area contributed by atoms with Crippen molar-refractivity contribution in [3.05, 3.63) is 41.2 Å². The van der Waals surface area contributed by atoms with Crippen LogP contribution in [0.1, 0.15) is 26.3 Å². The van der Waals surface area contributed by atoms with Crippen molar-refractivity contribution in [2.75, 3.05) is 0 Å². The first-order valence-electron chi connectivity index (χ1n) is 4.92. The summed E-state index contributed by atoms with van der Waals surface area (Å²) in [6, 6.07) is 3.79. The molecule has 0 saturated heterocycles. The summed E-state index contributed by atoms with van der Waals surface area (Å²) in [6.07, 6.45) is 3.46. The van der Waals surface area contributed by atoms with E-state index >= 15 is 0 Å². The molecule has 0 radical (unpaired) electrons. The average molecular weight is 204 g/mol. The van der Waals surface area contributed by atoms with E-state index in [4.69, 9.17) is 0 Å². The minimum atomic E-state index is -0.0150. The Balaban J connectivity index is 2.52. The number of carbonyl (C=O) groups excluding carboxylic acids is 1. The number of aromatic nitrogens is 1. The average Bonchev–Trinajstić information content (AvgIpc) is 2.26. The molecule has 1 heterocycles. The molecular weight excluding hydrogens is 188 g/mol. The predicted molar refractivity (Wildman–Crippen MR) is 60.1 cm³/mol. The van der Waals surface area contributed by atoms with E-state index in [-0.39, 0.29) is 5.91 Å². The Kier molecular flexibility index (Phi) is 4.03. The van der Waals surface area contributed by atoms with Gasteiger partial charge in [0, 0.05) is 24.5 Å². The topological polar surface area (TPSA) is 42.0 Å². The number of amides is 1. The molecule has 0 aliphatic heterocycles. The van der Waals surface area contributed by atoms with Gasteiger partial charge in [0.25, 0.3) is 0 Å². The normalized spacial score (nSPS) is 9.53. The van der Waals surface area contributed by atoms with Crippen LogP contribution >= 0.6 is 0 Å². The van der Waals surface area contributed by atoms with Crippen LogP contribution in [0.25, 0.3) is 0 Å². The van der Waals surface area contributed by atoms with Gasteiger partial charge in [0.1, 0.15) is 0 Å². The van der Waals surface area contributed by atoms with Crippen LogP contribution < -0.4 is 5.32 Å². The predicted octanol–water partition coefficient (Wildman–Crippen LogP) is 2.05. The summed E-state index contributed by atoms with van der Waals surface area (Å²) >= 11 is 0. The fourth-order valence-electron chi connectivity index (χ4n) is 1.04. The Bertz CT molecular complexity index is 364. The second-order valence-corrected chi connectivity index (χ2v) is 3.67. The fraction of sp³-hybridized carbons (Fsp3) is 0.333. The SMILES string of the molecule is CC(C)=C(C)C(=O)NCc1cccnc1. The highest BCUT2D eigenvalue weighted by Gasteiger charge is 2.04. The molecule has 0 unspecified atom stereocenters. The quantitative estimate of drug-likeness (QED) is 0.766. The van der Waals surface area contributed by atoms with Crippen LogP contribution in [0.3, 0.4) is 0 Å². The third kappa shape index (κ3) is 3.54. The standard InChI is InChI=1S/C12H16N2O/c1-9(2)10(3)12(15)14-8-11-5-4-6-13-7-11/h4-7H,8H2,1-3H3,(H,14,15). The first-order chi connectivity index (χ1) is 7.11. The number of allylic oxidation sites excluding steroid dienone is 1. The lowest BCUT2D eigenvalue weighted by Crippen LogP contribution is -2.24. The molecule has 1 amide bonds. The van der Waals surface area contributed by atoms with E-state index in [1.165, 1.54) is 0 Å². The number of hydrogen-bond donors (Lipinski definition) is 1. The van der Waals surface area contributed by atoms with Gasteiger partial charge in [-0.2, -0.15) is 0 Å². The number of hydrogen-bond acceptors (Lipinski definition) is 2. The van der Waals surface area contributed by atoms with Crippen LogP contribution in [0.5, 0.6) is 0 Å². The van der Waals surface area contributed by atoms with Gasteiger partial charge in [-0.15, -0.1) is 0 Å². The van der Waals surface area contributed by atoms with Gasteiger partial charge >= 0.3 is 0 Å². The summed E-state index contributed by atoms with van der Waals surface area (Å²) in [6.45, 7) is 6.21. The van der Waals surface area contributed by atoms with Gasteiger partial charge in [-0.25, -0.2) is 0 Å². The maximum atomic E-state index is 11.6. The molecule has 1 N–H and O–H groups in total. The number of pyridine rings is 1. The van der Waals surface area contributed by atoms with Gasteiger partial charge in [0.2, 0.25) is 5.91 Å². The number of nitrogens with one attached hydrogen (secondary N) is 1. The summed E-state index contributed by atoms with van der Waals surface area (Å²) in [4.78, 5) is 15.5. The van der Waals surface area contributed by atoms with E-state index in [0.717, 1.165) is 16.7 Å². The third-order valence-corrected chi connectivity index (χ3v) is 2.27. The monoisotopic (exact) mass is 204 g/mol. The van der Waals surface area contributed by atoms with Crippen molar-refractivity contribution >= 4 is 5.91 Å². The van der Waals surface area contributed by atoms with E-state index in [1.807, 2.05) is 32.9 Å². The zero-order valence-corrected chi connectivity index (χ0v) is 9.37. The molecule has 0 aliphatic carbocycles. The Morgan fingerprint density at radius 1 is 1.40 bits per heavy atom. The van der Waals surface area contributed by atoms with Crippen LogP contribution in [0.15, 0.2) is 35.7 Å². The summed E-state index contributed by atoms with van der Waals surface area (Å²) in [5.41, 5.74) is 2.82. The van der Waals surface area contributed by atoms with Crippen LogP contribution in [0.2, 0.25) is 0 Å². The molecule has 3 nitrogen and oxygen atoms in total. The van der Waals surface area contributed by atoms with E-state index in [0.29, 0.717) is 6.54 Å². The molecule has 0 saturated carbocycles. The maximum Gasteiger partial charge on any atom is 0.247 e. The van der Waals surface area contributed by atoms with Crippen LogP contribution in [-0.4, -0.2) is 10.9 Å². The number of rotatable bonds is 3. The van der Waals surface area contributed by atoms with E-state index in [1.54, 1.807) is 12.4 Å². The van der Waals surface area contributed by atoms with Crippen molar-refractivity contribution in [1.29, 1.82) is 0 Å². The second-order valence-electron chi connectivity index (χ2n) is 3.67. The first kappa shape index (κ1) is 11.4. The molecule has 1 rings (SSSR count). The van der Waals surface area contributed by atoms with Gasteiger partial charge in [-0.05, 0) is 32.4 Å². The zero-order chi connectivity index (χ0) is 11.3. The first-order valence-corrected chi connectivity index (χ1v) is 4.92. The summed E-state index contributed by atoms with van der Waals surface area (Å²) in [7, 11) is 0. The summed E-state index contributed by atoms with van der Waals surface area (Å²) in [5, 5.41) is 2.84. The molecule has 80 valence electrons. The van der Waals surface area contributed by atoms with Gasteiger partial charge < -0.3 is 5.32 Å². The minimum absolute atomic E-state index is 0.0150. The highest BCUT2D eigenvalue weighted by molar-refractivity contribution is 5.93. The zero-order valence-electron chi connectivity index (χ0n) is 9.37. The Labute approximate surface area is 90.2 Å². The highest BCUT2D eigenvalue weighted by Crippen LogP contribution is 2.02. The fourth-order valence-corrected chi connectivity index (χ4v) is 1.04. The van der Waals surface area contributed by atoms with E-state index < -0.39 is 0 Å². The molecular formula is C12H16N2O. The Hall–Kier alpha value is -1.64. The van der Waals surface area contributed by atoms with Crippen molar-refractivity contribution < 1.29 is 4.79 Å². The molecule has 15 heavy (non-hydrogen) atoms. The molecule has 0 bridgehead atoms. The molecule has 3 heteroatoms. The Morgan fingerprint density at radius 3 is 2.67 bits per heavy atom. The van der Waals surface area contributed by atoms with Gasteiger partial charge in [0.15, 0.2) is 0 Å². The lowest BCUT2D eigenvalue weighted by molar-refractivity contribution is -0.117. The highest BCUT2D eigenvalue weighted by atomic mass is 16.1. The van der Waals surface area contributed by atoms with Crippen molar-refractivity contribution in [3.63, 3.8) is 0 Å². The molecule has 0 spiro atoms. The minimum Gasteiger partial charge on any atom is -0.348 e. The Morgan fingerprint density at radius 2 is 2.13 bits per heavy atom. The van der Waals surface area contributed by atoms with E-state index in [9.17, 15) is 4.79 Å². The lowest BCUT2D eigenvalue weighted by Gasteiger charge is -2.06. The smallest absolute Gasteiger partial charge is 0.247 e. The lowest BCUT2D eigenvalue weighted by atomic mass is 10.1. The number of carbonyl (C=O) groups is 1. The van der Waals surface area contributed by atoms with Gasteiger partial charge in [0.05, 0.1) is 0 Å². The second kappa shape index (κ2) is 5.29. The van der Waals surface area contributed by atoms with Gasteiger partial charge in [-0.1, -0.05) is 11.6 Å². The van der Waals surface area contributed by atoms with Crippen molar-refractivity contribution in [3.8, 4) is 0 Å².